The minimum atomic E-state index is -0.345. The lowest BCUT2D eigenvalue weighted by Gasteiger charge is -2.08. The molecule has 0 aliphatic heterocycles. The molecule has 0 saturated carbocycles. The maximum Gasteiger partial charge on any atom is 0.220 e. The molecule has 0 aliphatic rings. The minimum absolute atomic E-state index is 0.247. The van der Waals surface area contributed by atoms with Gasteiger partial charge in [-0.1, -0.05) is 13.3 Å². The van der Waals surface area contributed by atoms with Crippen LogP contribution in [0.3, 0.4) is 0 Å². The van der Waals surface area contributed by atoms with Crippen LogP contribution in [0.2, 0.25) is 0 Å². The number of amides is 1. The molecule has 1 aromatic rings. The highest BCUT2D eigenvalue weighted by atomic mass is 16.5. The fourth-order valence-electron chi connectivity index (χ4n) is 1.35. The molecule has 0 spiro atoms. The molecule has 4 nitrogen and oxygen atoms in total. The standard InChI is InChI=1S/C13H20N2O2/c1-2-3-9-15-11-4-6-12(7-5-11)17-10-8-13(14)16/h4-7,15H,2-3,8-10H2,1H3,(H2,14,16). The summed E-state index contributed by atoms with van der Waals surface area (Å²) in [5.74, 6) is 0.412. The van der Waals surface area contributed by atoms with Gasteiger partial charge in [-0.2, -0.15) is 0 Å². The first-order valence-corrected chi connectivity index (χ1v) is 5.97. The first-order valence-electron chi connectivity index (χ1n) is 5.97. The van der Waals surface area contributed by atoms with Crippen LogP contribution in [0.1, 0.15) is 26.2 Å². The van der Waals surface area contributed by atoms with E-state index in [1.807, 2.05) is 24.3 Å². The van der Waals surface area contributed by atoms with Gasteiger partial charge in [0.1, 0.15) is 5.75 Å². The number of nitrogens with one attached hydrogen (secondary N) is 1. The van der Waals surface area contributed by atoms with Crippen LogP contribution in [0, 0.1) is 0 Å². The van der Waals surface area contributed by atoms with Crippen molar-refractivity contribution in [3.63, 3.8) is 0 Å². The molecule has 0 fully saturated rings. The van der Waals surface area contributed by atoms with E-state index >= 15 is 0 Å². The van der Waals surface area contributed by atoms with Gasteiger partial charge < -0.3 is 15.8 Å². The maximum absolute atomic E-state index is 10.5. The van der Waals surface area contributed by atoms with E-state index in [-0.39, 0.29) is 12.3 Å². The number of carbonyl (C=O) groups excluding carboxylic acids is 1. The normalized spacial score (nSPS) is 9.94. The summed E-state index contributed by atoms with van der Waals surface area (Å²) in [6.07, 6.45) is 2.59. The summed E-state index contributed by atoms with van der Waals surface area (Å²) in [6, 6.07) is 7.70. The number of rotatable bonds is 8. The first kappa shape index (κ1) is 13.4. The van der Waals surface area contributed by atoms with Crippen molar-refractivity contribution in [2.24, 2.45) is 5.73 Å². The van der Waals surface area contributed by atoms with E-state index in [1.54, 1.807) is 0 Å². The van der Waals surface area contributed by atoms with Gasteiger partial charge in [-0.05, 0) is 30.7 Å². The number of hydrogen-bond acceptors (Lipinski definition) is 3. The van der Waals surface area contributed by atoms with Gasteiger partial charge in [-0.3, -0.25) is 4.79 Å². The van der Waals surface area contributed by atoms with E-state index < -0.39 is 0 Å². The number of hydrogen-bond donors (Lipinski definition) is 2. The third-order valence-electron chi connectivity index (χ3n) is 2.33. The molecule has 1 rings (SSSR count). The van der Waals surface area contributed by atoms with Crippen LogP contribution in [0.5, 0.6) is 5.75 Å². The van der Waals surface area contributed by atoms with Gasteiger partial charge >= 0.3 is 0 Å². The number of primary amides is 1. The topological polar surface area (TPSA) is 64.3 Å². The molecule has 0 aliphatic carbocycles. The van der Waals surface area contributed by atoms with Gasteiger partial charge in [0.25, 0.3) is 0 Å². The largest absolute Gasteiger partial charge is 0.493 e. The predicted octanol–water partition coefficient (Wildman–Crippen LogP) is 2.15. The number of anilines is 1. The molecule has 3 N–H and O–H groups in total. The molecule has 0 bridgehead atoms. The Hall–Kier alpha value is -1.71. The summed E-state index contributed by atoms with van der Waals surface area (Å²) in [6.45, 7) is 3.48. The summed E-state index contributed by atoms with van der Waals surface area (Å²) in [4.78, 5) is 10.5. The lowest BCUT2D eigenvalue weighted by molar-refractivity contribution is -0.118. The van der Waals surface area contributed by atoms with Crippen molar-refractivity contribution in [3.8, 4) is 5.75 Å². The van der Waals surface area contributed by atoms with Crippen molar-refractivity contribution in [2.45, 2.75) is 26.2 Å². The summed E-state index contributed by atoms with van der Waals surface area (Å²) in [5, 5.41) is 3.32. The Balaban J connectivity index is 2.31. The molecule has 17 heavy (non-hydrogen) atoms. The van der Waals surface area contributed by atoms with Crippen molar-refractivity contribution in [1.29, 1.82) is 0 Å². The third-order valence-corrected chi connectivity index (χ3v) is 2.33. The van der Waals surface area contributed by atoms with Crippen LogP contribution in [0.4, 0.5) is 5.69 Å². The summed E-state index contributed by atoms with van der Waals surface area (Å²) >= 11 is 0. The van der Waals surface area contributed by atoms with Crippen LogP contribution >= 0.6 is 0 Å². The number of unbranched alkanes of at least 4 members (excludes halogenated alkanes) is 1. The second kappa shape index (κ2) is 7.54. The van der Waals surface area contributed by atoms with Gasteiger partial charge in [0.05, 0.1) is 13.0 Å². The van der Waals surface area contributed by atoms with Crippen molar-refractivity contribution < 1.29 is 9.53 Å². The Labute approximate surface area is 102 Å². The molecule has 94 valence electrons. The van der Waals surface area contributed by atoms with Crippen molar-refractivity contribution in [1.82, 2.24) is 0 Å². The zero-order chi connectivity index (χ0) is 12.5. The van der Waals surface area contributed by atoms with Crippen LogP contribution in [0.25, 0.3) is 0 Å². The molecule has 0 unspecified atom stereocenters. The van der Waals surface area contributed by atoms with E-state index in [4.69, 9.17) is 10.5 Å². The number of benzene rings is 1. The van der Waals surface area contributed by atoms with E-state index in [0.717, 1.165) is 24.4 Å². The highest BCUT2D eigenvalue weighted by Gasteiger charge is 1.97. The maximum atomic E-state index is 10.5. The second-order valence-corrected chi connectivity index (χ2v) is 3.87. The quantitative estimate of drug-likeness (QED) is 0.680. The molecular formula is C13H20N2O2. The molecule has 0 atom stereocenters. The molecule has 0 heterocycles. The van der Waals surface area contributed by atoms with Crippen LogP contribution in [-0.4, -0.2) is 19.1 Å². The summed E-state index contributed by atoms with van der Waals surface area (Å²) in [5.41, 5.74) is 6.10. The molecule has 0 aromatic heterocycles. The number of nitrogens with two attached hydrogens (primary N) is 1. The highest BCUT2D eigenvalue weighted by molar-refractivity contribution is 5.73. The predicted molar refractivity (Wildman–Crippen MR) is 69.1 cm³/mol. The molecule has 1 amide bonds. The Morgan fingerprint density at radius 3 is 2.65 bits per heavy atom. The van der Waals surface area contributed by atoms with E-state index in [0.29, 0.717) is 6.61 Å². The molecule has 4 heteroatoms. The average Bonchev–Trinajstić information content (AvgIpc) is 2.31. The highest BCUT2D eigenvalue weighted by Crippen LogP contribution is 2.15. The number of ether oxygens (including phenoxy) is 1. The van der Waals surface area contributed by atoms with Crippen LogP contribution in [-0.2, 0) is 4.79 Å². The smallest absolute Gasteiger partial charge is 0.220 e. The Kier molecular flexibility index (Phi) is 5.93. The third kappa shape index (κ3) is 5.80. The van der Waals surface area contributed by atoms with E-state index in [1.165, 1.54) is 6.42 Å². The van der Waals surface area contributed by atoms with Crippen molar-refractivity contribution in [2.75, 3.05) is 18.5 Å². The van der Waals surface area contributed by atoms with Gasteiger partial charge in [-0.25, -0.2) is 0 Å². The monoisotopic (exact) mass is 236 g/mol. The summed E-state index contributed by atoms with van der Waals surface area (Å²) in [7, 11) is 0. The molecule has 0 radical (unpaired) electrons. The van der Waals surface area contributed by atoms with Gasteiger partial charge in [-0.15, -0.1) is 0 Å². The van der Waals surface area contributed by atoms with Crippen LogP contribution in [0.15, 0.2) is 24.3 Å². The molecular weight excluding hydrogens is 216 g/mol. The van der Waals surface area contributed by atoms with Gasteiger partial charge in [0.2, 0.25) is 5.91 Å². The minimum Gasteiger partial charge on any atom is -0.493 e. The Morgan fingerprint density at radius 1 is 1.35 bits per heavy atom. The molecule has 1 aromatic carbocycles. The van der Waals surface area contributed by atoms with Gasteiger partial charge in [0, 0.05) is 12.2 Å². The first-order chi connectivity index (χ1) is 8.22. The zero-order valence-electron chi connectivity index (χ0n) is 10.2. The van der Waals surface area contributed by atoms with E-state index in [2.05, 4.69) is 12.2 Å². The fourth-order valence-corrected chi connectivity index (χ4v) is 1.35. The molecule has 0 saturated heterocycles. The zero-order valence-corrected chi connectivity index (χ0v) is 10.2. The van der Waals surface area contributed by atoms with Crippen LogP contribution < -0.4 is 15.8 Å². The second-order valence-electron chi connectivity index (χ2n) is 3.87. The SMILES string of the molecule is CCCCNc1ccc(OCCC(N)=O)cc1. The number of carbonyl (C=O) groups is 1. The van der Waals surface area contributed by atoms with Gasteiger partial charge in [0.15, 0.2) is 0 Å². The van der Waals surface area contributed by atoms with Crippen molar-refractivity contribution >= 4 is 11.6 Å². The Bertz CT molecular complexity index is 336. The van der Waals surface area contributed by atoms with Crippen molar-refractivity contribution in [3.05, 3.63) is 24.3 Å². The lowest BCUT2D eigenvalue weighted by atomic mass is 10.3. The van der Waals surface area contributed by atoms with E-state index in [9.17, 15) is 4.79 Å². The Morgan fingerprint density at radius 2 is 2.06 bits per heavy atom. The summed E-state index contributed by atoms with van der Waals surface area (Å²) < 4.78 is 5.37. The lowest BCUT2D eigenvalue weighted by Crippen LogP contribution is -2.14. The average molecular weight is 236 g/mol. The fraction of sp³-hybridized carbons (Fsp3) is 0.462.